The summed E-state index contributed by atoms with van der Waals surface area (Å²) in [5.41, 5.74) is 0.643. The number of hydrogen-bond donors (Lipinski definition) is 2. The van der Waals surface area contributed by atoms with Gasteiger partial charge in [0, 0.05) is 19.1 Å². The van der Waals surface area contributed by atoms with E-state index in [0.717, 1.165) is 30.5 Å². The standard InChI is InChI=1S/C19H17F3N8O/c20-19(21,22)12-3-1-11(2-4-12)7-15-27-18(29-31-15)30-6-5-13(9-30)26-16-14-8-25-28-17(14)24-10-23-16/h1-4,8,10,13H,5-7,9H2,(H2,23,24,25,26,28)/t13-/m0/s1. The normalized spacial score (nSPS) is 16.9. The molecule has 0 radical (unpaired) electrons. The van der Waals surface area contributed by atoms with Crippen molar-refractivity contribution in [3.05, 3.63) is 53.8 Å². The quantitative estimate of drug-likeness (QED) is 0.497. The number of hydrogen-bond acceptors (Lipinski definition) is 8. The Morgan fingerprint density at radius 2 is 2.03 bits per heavy atom. The highest BCUT2D eigenvalue weighted by atomic mass is 19.4. The number of fused-ring (bicyclic) bond motifs is 1. The van der Waals surface area contributed by atoms with Gasteiger partial charge in [-0.05, 0) is 29.3 Å². The number of aromatic amines is 1. The molecule has 0 saturated carbocycles. The van der Waals surface area contributed by atoms with E-state index in [1.54, 1.807) is 6.20 Å². The molecule has 1 fully saturated rings. The fourth-order valence-electron chi connectivity index (χ4n) is 3.57. The van der Waals surface area contributed by atoms with Crippen LogP contribution in [0.2, 0.25) is 0 Å². The number of nitrogens with zero attached hydrogens (tertiary/aromatic N) is 6. The second kappa shape index (κ2) is 7.52. The van der Waals surface area contributed by atoms with Crippen LogP contribution in [0.15, 0.2) is 41.3 Å². The van der Waals surface area contributed by atoms with Gasteiger partial charge >= 0.3 is 6.18 Å². The molecule has 9 nitrogen and oxygen atoms in total. The van der Waals surface area contributed by atoms with Crippen molar-refractivity contribution in [2.45, 2.75) is 25.1 Å². The zero-order chi connectivity index (χ0) is 21.4. The summed E-state index contributed by atoms with van der Waals surface area (Å²) in [4.78, 5) is 14.8. The lowest BCUT2D eigenvalue weighted by molar-refractivity contribution is -0.137. The fraction of sp³-hybridized carbons (Fsp3) is 0.316. The number of benzene rings is 1. The molecule has 0 unspecified atom stereocenters. The second-order valence-electron chi connectivity index (χ2n) is 7.29. The lowest BCUT2D eigenvalue weighted by Gasteiger charge is -2.15. The van der Waals surface area contributed by atoms with Gasteiger partial charge in [0.2, 0.25) is 5.89 Å². The van der Waals surface area contributed by atoms with Crippen molar-refractivity contribution >= 4 is 22.8 Å². The van der Waals surface area contributed by atoms with Crippen molar-refractivity contribution in [2.75, 3.05) is 23.3 Å². The molecule has 0 aliphatic carbocycles. The highest BCUT2D eigenvalue weighted by Crippen LogP contribution is 2.29. The number of H-pyrrole nitrogens is 1. The van der Waals surface area contributed by atoms with E-state index in [2.05, 4.69) is 35.6 Å². The van der Waals surface area contributed by atoms with E-state index in [1.807, 2.05) is 4.90 Å². The molecule has 1 saturated heterocycles. The van der Waals surface area contributed by atoms with Crippen LogP contribution in [0.3, 0.4) is 0 Å². The van der Waals surface area contributed by atoms with Gasteiger partial charge in [-0.2, -0.15) is 23.3 Å². The average molecular weight is 430 g/mol. The van der Waals surface area contributed by atoms with Gasteiger partial charge in [0.1, 0.15) is 12.1 Å². The van der Waals surface area contributed by atoms with Crippen LogP contribution in [0.4, 0.5) is 24.9 Å². The maximum Gasteiger partial charge on any atom is 0.416 e. The largest absolute Gasteiger partial charge is 0.416 e. The number of alkyl halides is 3. The second-order valence-corrected chi connectivity index (χ2v) is 7.29. The summed E-state index contributed by atoms with van der Waals surface area (Å²) in [6, 6.07) is 5.06. The maximum absolute atomic E-state index is 12.7. The Bertz CT molecular complexity index is 1190. The van der Waals surface area contributed by atoms with Crippen LogP contribution in [0, 0.1) is 0 Å². The number of nitrogens with one attached hydrogen (secondary N) is 2. The zero-order valence-electron chi connectivity index (χ0n) is 16.1. The van der Waals surface area contributed by atoms with Crippen molar-refractivity contribution in [3.8, 4) is 0 Å². The summed E-state index contributed by atoms with van der Waals surface area (Å²) < 4.78 is 43.4. The minimum Gasteiger partial charge on any atom is -0.365 e. The summed E-state index contributed by atoms with van der Waals surface area (Å²) in [7, 11) is 0. The lowest BCUT2D eigenvalue weighted by Crippen LogP contribution is -2.27. The smallest absolute Gasteiger partial charge is 0.365 e. The van der Waals surface area contributed by atoms with Crippen LogP contribution < -0.4 is 10.2 Å². The van der Waals surface area contributed by atoms with Crippen molar-refractivity contribution in [2.24, 2.45) is 0 Å². The van der Waals surface area contributed by atoms with E-state index >= 15 is 0 Å². The first-order valence-electron chi connectivity index (χ1n) is 9.60. The van der Waals surface area contributed by atoms with Crippen LogP contribution in [0.25, 0.3) is 11.0 Å². The third kappa shape index (κ3) is 4.00. The Labute approximate surface area is 173 Å². The number of rotatable bonds is 5. The van der Waals surface area contributed by atoms with Crippen LogP contribution in [0.5, 0.6) is 0 Å². The highest BCUT2D eigenvalue weighted by Gasteiger charge is 2.30. The first-order valence-corrected chi connectivity index (χ1v) is 9.60. The molecule has 5 rings (SSSR count). The number of anilines is 2. The molecule has 3 aromatic heterocycles. The third-order valence-corrected chi connectivity index (χ3v) is 5.15. The molecule has 31 heavy (non-hydrogen) atoms. The van der Waals surface area contributed by atoms with Gasteiger partial charge in [0.05, 0.1) is 23.6 Å². The number of halogens is 3. The Kier molecular flexibility index (Phi) is 4.68. The average Bonchev–Trinajstić information content (AvgIpc) is 3.48. The predicted octanol–water partition coefficient (Wildman–Crippen LogP) is 3.04. The molecule has 0 spiro atoms. The van der Waals surface area contributed by atoms with E-state index in [1.165, 1.54) is 18.5 Å². The SMILES string of the molecule is FC(F)(F)c1ccc(Cc2nc(N3CC[C@H](Nc4ncnc5[nH]ncc45)C3)no2)cc1. The van der Waals surface area contributed by atoms with Crippen LogP contribution in [-0.2, 0) is 12.6 Å². The molecule has 1 atom stereocenters. The van der Waals surface area contributed by atoms with Crippen molar-refractivity contribution in [3.63, 3.8) is 0 Å². The monoisotopic (exact) mass is 430 g/mol. The molecule has 0 amide bonds. The molecule has 1 aliphatic rings. The first-order chi connectivity index (χ1) is 15.0. The summed E-state index contributed by atoms with van der Waals surface area (Å²) in [6.45, 7) is 1.39. The molecule has 12 heteroatoms. The molecular weight excluding hydrogens is 413 g/mol. The molecular formula is C19H17F3N8O. The zero-order valence-corrected chi connectivity index (χ0v) is 16.1. The van der Waals surface area contributed by atoms with E-state index in [-0.39, 0.29) is 12.5 Å². The van der Waals surface area contributed by atoms with E-state index in [9.17, 15) is 13.2 Å². The minimum atomic E-state index is -4.36. The fourth-order valence-corrected chi connectivity index (χ4v) is 3.57. The molecule has 0 bridgehead atoms. The molecule has 4 heterocycles. The molecule has 4 aromatic rings. The van der Waals surface area contributed by atoms with Gasteiger partial charge in [0.25, 0.3) is 5.95 Å². The van der Waals surface area contributed by atoms with Gasteiger partial charge < -0.3 is 14.7 Å². The maximum atomic E-state index is 12.7. The van der Waals surface area contributed by atoms with Gasteiger partial charge in [-0.3, -0.25) is 5.10 Å². The van der Waals surface area contributed by atoms with Crippen LogP contribution in [0.1, 0.15) is 23.4 Å². The van der Waals surface area contributed by atoms with Crippen molar-refractivity contribution < 1.29 is 17.7 Å². The van der Waals surface area contributed by atoms with E-state index in [4.69, 9.17) is 4.52 Å². The topological polar surface area (TPSA) is 109 Å². The first kappa shape index (κ1) is 19.3. The van der Waals surface area contributed by atoms with Gasteiger partial charge in [0.15, 0.2) is 5.65 Å². The van der Waals surface area contributed by atoms with E-state index < -0.39 is 11.7 Å². The third-order valence-electron chi connectivity index (χ3n) is 5.15. The van der Waals surface area contributed by atoms with Gasteiger partial charge in [-0.25, -0.2) is 9.97 Å². The Morgan fingerprint density at radius 1 is 1.19 bits per heavy atom. The molecule has 160 valence electrons. The van der Waals surface area contributed by atoms with Crippen LogP contribution in [-0.4, -0.2) is 49.4 Å². The van der Waals surface area contributed by atoms with Gasteiger partial charge in [-0.1, -0.05) is 12.1 Å². The highest BCUT2D eigenvalue weighted by molar-refractivity contribution is 5.85. The summed E-state index contributed by atoms with van der Waals surface area (Å²) in [6.07, 6.45) is -0.0861. The van der Waals surface area contributed by atoms with E-state index in [0.29, 0.717) is 35.4 Å². The lowest BCUT2D eigenvalue weighted by atomic mass is 10.1. The minimum absolute atomic E-state index is 0.130. The molecule has 1 aliphatic heterocycles. The Balaban J connectivity index is 1.22. The van der Waals surface area contributed by atoms with Crippen LogP contribution >= 0.6 is 0 Å². The Hall–Kier alpha value is -3.70. The van der Waals surface area contributed by atoms with Crippen molar-refractivity contribution in [1.82, 2.24) is 30.3 Å². The Morgan fingerprint density at radius 3 is 2.84 bits per heavy atom. The van der Waals surface area contributed by atoms with Crippen molar-refractivity contribution in [1.29, 1.82) is 0 Å². The molecule has 1 aromatic carbocycles. The summed E-state index contributed by atoms with van der Waals surface area (Å²) in [5, 5.41) is 15.0. The molecule has 2 N–H and O–H groups in total. The number of aromatic nitrogens is 6. The van der Waals surface area contributed by atoms with Gasteiger partial charge in [-0.15, -0.1) is 0 Å². The predicted molar refractivity (Wildman–Crippen MR) is 104 cm³/mol. The summed E-state index contributed by atoms with van der Waals surface area (Å²) >= 11 is 0. The summed E-state index contributed by atoms with van der Waals surface area (Å²) in [5.74, 6) is 1.52.